The quantitative estimate of drug-likeness (QED) is 0.893. The molecule has 94 valence electrons. The summed E-state index contributed by atoms with van der Waals surface area (Å²) in [5.41, 5.74) is 0.848. The molecule has 6 heteroatoms. The van der Waals surface area contributed by atoms with Gasteiger partial charge in [0.05, 0.1) is 6.61 Å². The van der Waals surface area contributed by atoms with E-state index in [4.69, 9.17) is 16.7 Å². The summed E-state index contributed by atoms with van der Waals surface area (Å²) >= 11 is 9.33. The van der Waals surface area contributed by atoms with Crippen LogP contribution in [0.5, 0.6) is 0 Å². The number of aliphatic hydroxyl groups is 1. The van der Waals surface area contributed by atoms with E-state index < -0.39 is 0 Å². The lowest BCUT2D eigenvalue weighted by molar-refractivity contribution is 0.190. The van der Waals surface area contributed by atoms with E-state index >= 15 is 0 Å². The van der Waals surface area contributed by atoms with E-state index in [1.54, 1.807) is 13.1 Å². The summed E-state index contributed by atoms with van der Waals surface area (Å²) in [6.45, 7) is 0.615. The van der Waals surface area contributed by atoms with Crippen molar-refractivity contribution in [2.45, 2.75) is 6.54 Å². The molecule has 1 rings (SSSR count). The number of hydrogen-bond acceptors (Lipinski definition) is 2. The molecule has 0 spiro atoms. The predicted octanol–water partition coefficient (Wildman–Crippen LogP) is 2.24. The zero-order chi connectivity index (χ0) is 12.8. The van der Waals surface area contributed by atoms with E-state index in [0.29, 0.717) is 18.1 Å². The third-order valence-corrected chi connectivity index (χ3v) is 3.07. The van der Waals surface area contributed by atoms with E-state index in [9.17, 15) is 4.79 Å². The molecule has 2 N–H and O–H groups in total. The normalized spacial score (nSPS) is 10.1. The number of carbonyl (C=O) groups is 1. The first-order valence-corrected chi connectivity index (χ1v) is 6.25. The summed E-state index contributed by atoms with van der Waals surface area (Å²) in [7, 11) is 1.62. The smallest absolute Gasteiger partial charge is 0.317 e. The summed E-state index contributed by atoms with van der Waals surface area (Å²) in [6.07, 6.45) is 0. The lowest BCUT2D eigenvalue weighted by Gasteiger charge is -2.16. The Morgan fingerprint density at radius 1 is 1.59 bits per heavy atom. The van der Waals surface area contributed by atoms with Gasteiger partial charge in [0.25, 0.3) is 0 Å². The Balaban J connectivity index is 2.53. The highest BCUT2D eigenvalue weighted by Gasteiger charge is 2.08. The number of aliphatic hydroxyl groups excluding tert-OH is 1. The van der Waals surface area contributed by atoms with Crippen LogP contribution in [-0.4, -0.2) is 36.2 Å². The summed E-state index contributed by atoms with van der Waals surface area (Å²) < 4.78 is 0.898. The van der Waals surface area contributed by atoms with Crippen molar-refractivity contribution in [2.24, 2.45) is 0 Å². The van der Waals surface area contributed by atoms with Crippen molar-refractivity contribution < 1.29 is 9.90 Å². The van der Waals surface area contributed by atoms with Crippen LogP contribution in [0.3, 0.4) is 0 Å². The van der Waals surface area contributed by atoms with Gasteiger partial charge in [-0.15, -0.1) is 0 Å². The van der Waals surface area contributed by atoms with Crippen LogP contribution in [0.25, 0.3) is 0 Å². The predicted molar refractivity (Wildman–Crippen MR) is 71.1 cm³/mol. The highest BCUT2D eigenvalue weighted by Crippen LogP contribution is 2.21. The molecule has 0 bridgehead atoms. The number of benzene rings is 1. The number of amides is 2. The van der Waals surface area contributed by atoms with Crippen molar-refractivity contribution in [2.75, 3.05) is 20.2 Å². The van der Waals surface area contributed by atoms with Crippen LogP contribution in [0.1, 0.15) is 5.56 Å². The largest absolute Gasteiger partial charge is 0.395 e. The highest BCUT2D eigenvalue weighted by molar-refractivity contribution is 9.10. The molecule has 0 radical (unpaired) electrons. The Hall–Kier alpha value is -0.780. The van der Waals surface area contributed by atoms with Gasteiger partial charge in [-0.1, -0.05) is 33.6 Å². The van der Waals surface area contributed by atoms with E-state index in [0.717, 1.165) is 10.0 Å². The van der Waals surface area contributed by atoms with Crippen LogP contribution in [-0.2, 0) is 6.54 Å². The molecule has 4 nitrogen and oxygen atoms in total. The fourth-order valence-electron chi connectivity index (χ4n) is 1.22. The number of urea groups is 1. The van der Waals surface area contributed by atoms with Crippen LogP contribution in [0, 0.1) is 0 Å². The molecule has 0 aliphatic rings. The van der Waals surface area contributed by atoms with Gasteiger partial charge in [0.1, 0.15) is 0 Å². The number of nitrogens with one attached hydrogen (secondary N) is 1. The van der Waals surface area contributed by atoms with E-state index in [1.165, 1.54) is 4.90 Å². The van der Waals surface area contributed by atoms with Gasteiger partial charge in [-0.05, 0) is 17.7 Å². The molecule has 17 heavy (non-hydrogen) atoms. The molecule has 0 saturated heterocycles. The van der Waals surface area contributed by atoms with E-state index in [-0.39, 0.29) is 12.6 Å². The second kappa shape index (κ2) is 6.83. The average molecular weight is 322 g/mol. The molecule has 0 unspecified atom stereocenters. The van der Waals surface area contributed by atoms with Crippen molar-refractivity contribution in [3.63, 3.8) is 0 Å². The van der Waals surface area contributed by atoms with Crippen LogP contribution < -0.4 is 5.32 Å². The Morgan fingerprint density at radius 3 is 2.88 bits per heavy atom. The number of likely N-dealkylation sites (N-methyl/N-ethyl adjacent to an activating group) is 1. The maximum absolute atomic E-state index is 11.5. The van der Waals surface area contributed by atoms with Crippen molar-refractivity contribution in [3.8, 4) is 0 Å². The Kier molecular flexibility index (Phi) is 5.74. The topological polar surface area (TPSA) is 52.6 Å². The molecule has 0 heterocycles. The minimum absolute atomic E-state index is 0.0526. The number of halogens is 2. The average Bonchev–Trinajstić information content (AvgIpc) is 2.27. The molecule has 0 aliphatic heterocycles. The Bertz CT molecular complexity index is 401. The van der Waals surface area contributed by atoms with Crippen molar-refractivity contribution >= 4 is 33.6 Å². The standard InChI is InChI=1S/C11H14BrClN2O2/c1-15(4-5-16)11(17)14-7-8-2-3-9(12)6-10(8)13/h2-3,6,16H,4-5,7H2,1H3,(H,14,17). The van der Waals surface area contributed by atoms with Gasteiger partial charge < -0.3 is 15.3 Å². The van der Waals surface area contributed by atoms with E-state index in [2.05, 4.69) is 21.2 Å². The molecule has 1 aromatic rings. The minimum Gasteiger partial charge on any atom is -0.395 e. The SMILES string of the molecule is CN(CCO)C(=O)NCc1ccc(Br)cc1Cl. The van der Waals surface area contributed by atoms with Gasteiger partial charge >= 0.3 is 6.03 Å². The van der Waals surface area contributed by atoms with Gasteiger partial charge in [0.15, 0.2) is 0 Å². The molecular formula is C11H14BrClN2O2. The highest BCUT2D eigenvalue weighted by atomic mass is 79.9. The fraction of sp³-hybridized carbons (Fsp3) is 0.364. The first kappa shape index (κ1) is 14.3. The third kappa shape index (κ3) is 4.53. The molecular weight excluding hydrogens is 307 g/mol. The molecule has 0 fully saturated rings. The minimum atomic E-state index is -0.238. The summed E-state index contributed by atoms with van der Waals surface area (Å²) in [5, 5.41) is 12.0. The maximum Gasteiger partial charge on any atom is 0.317 e. The molecule has 0 aliphatic carbocycles. The molecule has 1 aromatic carbocycles. The van der Waals surface area contributed by atoms with Gasteiger partial charge in [0, 0.05) is 29.6 Å². The number of hydrogen-bond donors (Lipinski definition) is 2. The van der Waals surface area contributed by atoms with Crippen molar-refractivity contribution in [1.29, 1.82) is 0 Å². The zero-order valence-electron chi connectivity index (χ0n) is 9.41. The lowest BCUT2D eigenvalue weighted by Crippen LogP contribution is -2.38. The Morgan fingerprint density at radius 2 is 2.29 bits per heavy atom. The van der Waals surface area contributed by atoms with Crippen LogP contribution in [0.15, 0.2) is 22.7 Å². The molecule has 2 amide bonds. The van der Waals surface area contributed by atoms with Crippen LogP contribution >= 0.6 is 27.5 Å². The molecule has 0 saturated carbocycles. The first-order valence-electron chi connectivity index (χ1n) is 5.08. The first-order chi connectivity index (χ1) is 8.04. The Labute approximate surface area is 114 Å². The zero-order valence-corrected chi connectivity index (χ0v) is 11.8. The van der Waals surface area contributed by atoms with E-state index in [1.807, 2.05) is 12.1 Å². The van der Waals surface area contributed by atoms with Gasteiger partial charge in [-0.3, -0.25) is 0 Å². The summed E-state index contributed by atoms with van der Waals surface area (Å²) in [6, 6.07) is 5.25. The maximum atomic E-state index is 11.5. The second-order valence-corrected chi connectivity index (χ2v) is 4.86. The third-order valence-electron chi connectivity index (χ3n) is 2.23. The monoisotopic (exact) mass is 320 g/mol. The lowest BCUT2D eigenvalue weighted by atomic mass is 10.2. The second-order valence-electron chi connectivity index (χ2n) is 3.54. The molecule has 0 atom stereocenters. The molecule has 0 aromatic heterocycles. The van der Waals surface area contributed by atoms with Gasteiger partial charge in [-0.25, -0.2) is 4.79 Å². The van der Waals surface area contributed by atoms with Crippen LogP contribution in [0.4, 0.5) is 4.79 Å². The summed E-state index contributed by atoms with van der Waals surface area (Å²) in [5.74, 6) is 0. The van der Waals surface area contributed by atoms with Gasteiger partial charge in [0.2, 0.25) is 0 Å². The van der Waals surface area contributed by atoms with Crippen molar-refractivity contribution in [1.82, 2.24) is 10.2 Å². The number of nitrogens with zero attached hydrogens (tertiary/aromatic N) is 1. The summed E-state index contributed by atoms with van der Waals surface area (Å²) in [4.78, 5) is 12.9. The number of rotatable bonds is 4. The van der Waals surface area contributed by atoms with Crippen molar-refractivity contribution in [3.05, 3.63) is 33.3 Å². The van der Waals surface area contributed by atoms with Gasteiger partial charge in [-0.2, -0.15) is 0 Å². The number of carbonyl (C=O) groups excluding carboxylic acids is 1. The van der Waals surface area contributed by atoms with Crippen LogP contribution in [0.2, 0.25) is 5.02 Å². The fourth-order valence-corrected chi connectivity index (χ4v) is 1.96.